The van der Waals surface area contributed by atoms with E-state index in [1.54, 1.807) is 7.11 Å². The highest BCUT2D eigenvalue weighted by atomic mass is 16.5. The van der Waals surface area contributed by atoms with Gasteiger partial charge in [-0.2, -0.15) is 0 Å². The zero-order valence-electron chi connectivity index (χ0n) is 13.6. The molecular formula is C17H30N2O. The third-order valence-corrected chi connectivity index (χ3v) is 4.01. The minimum atomic E-state index is 0.375. The van der Waals surface area contributed by atoms with Crippen LogP contribution in [-0.2, 0) is 0 Å². The molecule has 3 heteroatoms. The SMILES string of the molecule is CCNC(CN(CC)C(C)CC)c1ccc(OC)cc1. The Kier molecular flexibility index (Phi) is 7.63. The van der Waals surface area contributed by atoms with E-state index in [9.17, 15) is 0 Å². The molecule has 3 nitrogen and oxygen atoms in total. The van der Waals surface area contributed by atoms with Crippen molar-refractivity contribution in [3.63, 3.8) is 0 Å². The summed E-state index contributed by atoms with van der Waals surface area (Å²) >= 11 is 0. The van der Waals surface area contributed by atoms with Gasteiger partial charge in [0.25, 0.3) is 0 Å². The number of likely N-dealkylation sites (N-methyl/N-ethyl adjacent to an activating group) is 2. The molecule has 0 fully saturated rings. The molecule has 0 amide bonds. The van der Waals surface area contributed by atoms with Crippen LogP contribution in [0.15, 0.2) is 24.3 Å². The fraction of sp³-hybridized carbons (Fsp3) is 0.647. The number of ether oxygens (including phenoxy) is 1. The predicted molar refractivity (Wildman–Crippen MR) is 86.4 cm³/mol. The van der Waals surface area contributed by atoms with Crippen molar-refractivity contribution in [1.29, 1.82) is 0 Å². The van der Waals surface area contributed by atoms with Crippen molar-refractivity contribution >= 4 is 0 Å². The first-order valence-electron chi connectivity index (χ1n) is 7.77. The van der Waals surface area contributed by atoms with Crippen LogP contribution in [0.1, 0.15) is 45.7 Å². The van der Waals surface area contributed by atoms with E-state index in [0.29, 0.717) is 12.1 Å². The molecule has 0 heterocycles. The summed E-state index contributed by atoms with van der Waals surface area (Å²) in [7, 11) is 1.71. The summed E-state index contributed by atoms with van der Waals surface area (Å²) in [6.45, 7) is 12.1. The van der Waals surface area contributed by atoms with E-state index in [2.05, 4.69) is 50.0 Å². The smallest absolute Gasteiger partial charge is 0.118 e. The summed E-state index contributed by atoms with van der Waals surface area (Å²) in [5, 5.41) is 3.60. The van der Waals surface area contributed by atoms with E-state index >= 15 is 0 Å². The van der Waals surface area contributed by atoms with Crippen LogP contribution in [0.25, 0.3) is 0 Å². The lowest BCUT2D eigenvalue weighted by molar-refractivity contribution is 0.192. The van der Waals surface area contributed by atoms with Crippen LogP contribution in [0.3, 0.4) is 0 Å². The monoisotopic (exact) mass is 278 g/mol. The Labute approximate surface area is 124 Å². The van der Waals surface area contributed by atoms with E-state index in [1.807, 2.05) is 12.1 Å². The predicted octanol–water partition coefficient (Wildman–Crippen LogP) is 3.47. The molecule has 0 radical (unpaired) electrons. The molecule has 2 unspecified atom stereocenters. The van der Waals surface area contributed by atoms with Gasteiger partial charge in [0.15, 0.2) is 0 Å². The van der Waals surface area contributed by atoms with Crippen LogP contribution in [0.4, 0.5) is 0 Å². The molecule has 0 aliphatic carbocycles. The molecule has 1 aromatic carbocycles. The third kappa shape index (κ3) is 4.80. The van der Waals surface area contributed by atoms with Crippen LogP contribution < -0.4 is 10.1 Å². The number of nitrogens with one attached hydrogen (secondary N) is 1. The molecule has 20 heavy (non-hydrogen) atoms. The average molecular weight is 278 g/mol. The van der Waals surface area contributed by atoms with Crippen molar-refractivity contribution in [2.45, 2.75) is 46.2 Å². The Bertz CT molecular complexity index is 364. The first-order valence-corrected chi connectivity index (χ1v) is 7.77. The molecular weight excluding hydrogens is 248 g/mol. The fourth-order valence-electron chi connectivity index (χ4n) is 2.48. The quantitative estimate of drug-likeness (QED) is 0.748. The van der Waals surface area contributed by atoms with Crippen molar-refractivity contribution in [2.24, 2.45) is 0 Å². The molecule has 1 N–H and O–H groups in total. The number of methoxy groups -OCH3 is 1. The number of benzene rings is 1. The highest BCUT2D eigenvalue weighted by molar-refractivity contribution is 5.29. The summed E-state index contributed by atoms with van der Waals surface area (Å²) in [6, 6.07) is 9.41. The van der Waals surface area contributed by atoms with Crippen molar-refractivity contribution in [1.82, 2.24) is 10.2 Å². The number of rotatable bonds is 9. The third-order valence-electron chi connectivity index (χ3n) is 4.01. The van der Waals surface area contributed by atoms with Crippen molar-refractivity contribution in [2.75, 3.05) is 26.7 Å². The summed E-state index contributed by atoms with van der Waals surface area (Å²) in [4.78, 5) is 2.54. The molecule has 0 aliphatic rings. The van der Waals surface area contributed by atoms with Gasteiger partial charge in [-0.3, -0.25) is 4.90 Å². The molecule has 0 spiro atoms. The van der Waals surface area contributed by atoms with Gasteiger partial charge in [0.2, 0.25) is 0 Å². The van der Waals surface area contributed by atoms with E-state index in [4.69, 9.17) is 4.74 Å². The molecule has 0 aliphatic heterocycles. The second-order valence-electron chi connectivity index (χ2n) is 5.23. The van der Waals surface area contributed by atoms with Gasteiger partial charge in [-0.25, -0.2) is 0 Å². The number of nitrogens with zero attached hydrogens (tertiary/aromatic N) is 1. The molecule has 0 saturated heterocycles. The highest BCUT2D eigenvalue weighted by Crippen LogP contribution is 2.20. The summed E-state index contributed by atoms with van der Waals surface area (Å²) < 4.78 is 5.24. The van der Waals surface area contributed by atoms with Gasteiger partial charge in [0, 0.05) is 18.6 Å². The molecule has 0 bridgehead atoms. The van der Waals surface area contributed by atoms with Crippen molar-refractivity contribution in [3.8, 4) is 5.75 Å². The largest absolute Gasteiger partial charge is 0.497 e. The second kappa shape index (κ2) is 8.98. The fourth-order valence-corrected chi connectivity index (χ4v) is 2.48. The summed E-state index contributed by atoms with van der Waals surface area (Å²) in [6.07, 6.45) is 1.19. The number of hydrogen-bond acceptors (Lipinski definition) is 3. The van der Waals surface area contributed by atoms with Crippen LogP contribution in [0, 0.1) is 0 Å². The van der Waals surface area contributed by atoms with Crippen molar-refractivity contribution in [3.05, 3.63) is 29.8 Å². The van der Waals surface area contributed by atoms with E-state index in [1.165, 1.54) is 12.0 Å². The minimum absolute atomic E-state index is 0.375. The van der Waals surface area contributed by atoms with Crippen LogP contribution in [0.2, 0.25) is 0 Å². The summed E-state index contributed by atoms with van der Waals surface area (Å²) in [5.41, 5.74) is 1.33. The lowest BCUT2D eigenvalue weighted by Crippen LogP contribution is -2.40. The molecule has 114 valence electrons. The van der Waals surface area contributed by atoms with Gasteiger partial charge in [0.05, 0.1) is 7.11 Å². The van der Waals surface area contributed by atoms with Crippen molar-refractivity contribution < 1.29 is 4.74 Å². The molecule has 0 aromatic heterocycles. The normalized spacial score (nSPS) is 14.3. The Morgan fingerprint density at radius 2 is 1.80 bits per heavy atom. The maximum Gasteiger partial charge on any atom is 0.118 e. The summed E-state index contributed by atoms with van der Waals surface area (Å²) in [5.74, 6) is 0.915. The van der Waals surface area contributed by atoms with E-state index < -0.39 is 0 Å². The van der Waals surface area contributed by atoms with Gasteiger partial charge in [-0.1, -0.05) is 32.9 Å². The van der Waals surface area contributed by atoms with Crippen LogP contribution >= 0.6 is 0 Å². The Morgan fingerprint density at radius 1 is 1.15 bits per heavy atom. The maximum absolute atomic E-state index is 5.24. The lowest BCUT2D eigenvalue weighted by atomic mass is 10.0. The second-order valence-corrected chi connectivity index (χ2v) is 5.23. The first-order chi connectivity index (χ1) is 9.65. The standard InChI is InChI=1S/C17H30N2O/c1-6-14(4)19(8-3)13-17(18-7-2)15-9-11-16(20-5)12-10-15/h9-12,14,17-18H,6-8,13H2,1-5H3. The van der Waals surface area contributed by atoms with Gasteiger partial charge in [-0.15, -0.1) is 0 Å². The van der Waals surface area contributed by atoms with Crippen LogP contribution in [0.5, 0.6) is 5.75 Å². The molecule has 2 atom stereocenters. The highest BCUT2D eigenvalue weighted by Gasteiger charge is 2.17. The minimum Gasteiger partial charge on any atom is -0.497 e. The number of hydrogen-bond donors (Lipinski definition) is 1. The van der Waals surface area contributed by atoms with E-state index in [-0.39, 0.29) is 0 Å². The van der Waals surface area contributed by atoms with Crippen LogP contribution in [-0.4, -0.2) is 37.7 Å². The zero-order chi connectivity index (χ0) is 15.0. The van der Waals surface area contributed by atoms with Gasteiger partial charge in [0.1, 0.15) is 5.75 Å². The maximum atomic E-state index is 5.24. The lowest BCUT2D eigenvalue weighted by Gasteiger charge is -2.31. The Morgan fingerprint density at radius 3 is 2.25 bits per heavy atom. The topological polar surface area (TPSA) is 24.5 Å². The Hall–Kier alpha value is -1.06. The van der Waals surface area contributed by atoms with Gasteiger partial charge < -0.3 is 10.1 Å². The Balaban J connectivity index is 2.80. The zero-order valence-corrected chi connectivity index (χ0v) is 13.6. The molecule has 1 aromatic rings. The molecule has 0 saturated carbocycles. The first kappa shape index (κ1) is 17.0. The van der Waals surface area contributed by atoms with Gasteiger partial charge in [-0.05, 0) is 44.1 Å². The van der Waals surface area contributed by atoms with E-state index in [0.717, 1.165) is 25.4 Å². The molecule has 1 rings (SSSR count). The van der Waals surface area contributed by atoms with Gasteiger partial charge >= 0.3 is 0 Å². The average Bonchev–Trinajstić information content (AvgIpc) is 2.50.